The first kappa shape index (κ1) is 15.1. The number of hydrogen-bond donors (Lipinski definition) is 1. The van der Waals surface area contributed by atoms with Gasteiger partial charge in [-0.25, -0.2) is 4.98 Å². The summed E-state index contributed by atoms with van der Waals surface area (Å²) in [4.78, 5) is 4.21. The summed E-state index contributed by atoms with van der Waals surface area (Å²) in [5.41, 5.74) is 2.90. The SMILES string of the molecule is Cc1ccccc1[C@H](C)CNc1oc(C(C)C)nc1C#N. The molecule has 0 aliphatic heterocycles. The summed E-state index contributed by atoms with van der Waals surface area (Å²) in [7, 11) is 0. The summed E-state index contributed by atoms with van der Waals surface area (Å²) in [6, 6.07) is 10.4. The van der Waals surface area contributed by atoms with Crippen molar-refractivity contribution in [2.45, 2.75) is 39.5 Å². The molecule has 110 valence electrons. The zero-order valence-electron chi connectivity index (χ0n) is 13.0. The van der Waals surface area contributed by atoms with Crippen LogP contribution in [0.4, 0.5) is 5.88 Å². The van der Waals surface area contributed by atoms with Crippen molar-refractivity contribution in [3.8, 4) is 6.07 Å². The van der Waals surface area contributed by atoms with Crippen LogP contribution in [0.2, 0.25) is 0 Å². The summed E-state index contributed by atoms with van der Waals surface area (Å²) >= 11 is 0. The molecule has 0 saturated carbocycles. The van der Waals surface area contributed by atoms with Gasteiger partial charge in [-0.2, -0.15) is 5.26 Å². The predicted octanol–water partition coefficient (Wildman–Crippen LogP) is 4.19. The van der Waals surface area contributed by atoms with Gasteiger partial charge in [0.05, 0.1) is 0 Å². The average Bonchev–Trinajstić information content (AvgIpc) is 2.88. The first-order chi connectivity index (χ1) is 10.0. The number of oxazole rings is 1. The molecule has 4 heteroatoms. The monoisotopic (exact) mass is 283 g/mol. The van der Waals surface area contributed by atoms with Crippen molar-refractivity contribution in [1.29, 1.82) is 5.26 Å². The number of nitrogens with zero attached hydrogens (tertiary/aromatic N) is 2. The molecule has 1 aromatic carbocycles. The first-order valence-electron chi connectivity index (χ1n) is 7.23. The Hall–Kier alpha value is -2.28. The fourth-order valence-electron chi connectivity index (χ4n) is 2.27. The van der Waals surface area contributed by atoms with E-state index >= 15 is 0 Å². The van der Waals surface area contributed by atoms with Crippen molar-refractivity contribution in [3.63, 3.8) is 0 Å². The molecule has 0 unspecified atom stereocenters. The Morgan fingerprint density at radius 2 is 2.00 bits per heavy atom. The average molecular weight is 283 g/mol. The molecule has 1 aromatic heterocycles. The molecule has 2 rings (SSSR count). The number of aryl methyl sites for hydroxylation is 1. The lowest BCUT2D eigenvalue weighted by Crippen LogP contribution is -2.11. The van der Waals surface area contributed by atoms with Crippen molar-refractivity contribution in [1.82, 2.24) is 4.98 Å². The van der Waals surface area contributed by atoms with Crippen molar-refractivity contribution in [2.75, 3.05) is 11.9 Å². The molecule has 0 bridgehead atoms. The zero-order valence-corrected chi connectivity index (χ0v) is 13.0. The van der Waals surface area contributed by atoms with Crippen LogP contribution in [0.3, 0.4) is 0 Å². The smallest absolute Gasteiger partial charge is 0.232 e. The molecule has 21 heavy (non-hydrogen) atoms. The Labute approximate surface area is 125 Å². The fourth-order valence-corrected chi connectivity index (χ4v) is 2.27. The van der Waals surface area contributed by atoms with Crippen molar-refractivity contribution >= 4 is 5.88 Å². The summed E-state index contributed by atoms with van der Waals surface area (Å²) < 4.78 is 5.64. The minimum Gasteiger partial charge on any atom is -0.424 e. The van der Waals surface area contributed by atoms with Crippen LogP contribution in [0, 0.1) is 18.3 Å². The van der Waals surface area contributed by atoms with Crippen LogP contribution in [0.15, 0.2) is 28.7 Å². The standard InChI is InChI=1S/C17H21N3O/c1-11(2)16-20-15(9-18)17(21-16)19-10-13(4)14-8-6-5-7-12(14)3/h5-8,11,13,19H,10H2,1-4H3/t13-/m1/s1. The van der Waals surface area contributed by atoms with E-state index in [1.807, 2.05) is 26.0 Å². The van der Waals surface area contributed by atoms with Crippen molar-refractivity contribution in [3.05, 3.63) is 47.0 Å². The molecular weight excluding hydrogens is 262 g/mol. The predicted molar refractivity (Wildman–Crippen MR) is 83.4 cm³/mol. The summed E-state index contributed by atoms with van der Waals surface area (Å²) in [6.07, 6.45) is 0. The molecule has 0 aliphatic carbocycles. The highest BCUT2D eigenvalue weighted by atomic mass is 16.4. The summed E-state index contributed by atoms with van der Waals surface area (Å²) in [6.45, 7) is 8.95. The number of anilines is 1. The van der Waals surface area contributed by atoms with E-state index in [1.54, 1.807) is 0 Å². The molecule has 1 atom stereocenters. The summed E-state index contributed by atoms with van der Waals surface area (Å²) in [5, 5.41) is 12.3. The van der Waals surface area contributed by atoms with Gasteiger partial charge in [-0.3, -0.25) is 0 Å². The van der Waals surface area contributed by atoms with Crippen LogP contribution < -0.4 is 5.32 Å². The number of nitriles is 1. The van der Waals surface area contributed by atoms with Crippen LogP contribution in [0.1, 0.15) is 55.3 Å². The van der Waals surface area contributed by atoms with Crippen LogP contribution >= 0.6 is 0 Å². The Morgan fingerprint density at radius 3 is 2.62 bits per heavy atom. The van der Waals surface area contributed by atoms with Gasteiger partial charge in [0.15, 0.2) is 0 Å². The third kappa shape index (κ3) is 3.43. The van der Waals surface area contributed by atoms with E-state index in [0.29, 0.717) is 29.9 Å². The van der Waals surface area contributed by atoms with Gasteiger partial charge >= 0.3 is 0 Å². The van der Waals surface area contributed by atoms with Gasteiger partial charge in [0.25, 0.3) is 0 Å². The van der Waals surface area contributed by atoms with Gasteiger partial charge < -0.3 is 9.73 Å². The van der Waals surface area contributed by atoms with Crippen LogP contribution in [0.25, 0.3) is 0 Å². The largest absolute Gasteiger partial charge is 0.424 e. The molecule has 2 aromatic rings. The highest BCUT2D eigenvalue weighted by Crippen LogP contribution is 2.24. The Bertz CT molecular complexity index is 652. The molecule has 1 heterocycles. The molecule has 0 amide bonds. The van der Waals surface area contributed by atoms with E-state index in [4.69, 9.17) is 9.68 Å². The maximum Gasteiger partial charge on any atom is 0.232 e. The quantitative estimate of drug-likeness (QED) is 0.893. The van der Waals surface area contributed by atoms with E-state index in [0.717, 1.165) is 0 Å². The Balaban J connectivity index is 2.10. The van der Waals surface area contributed by atoms with Crippen molar-refractivity contribution < 1.29 is 4.42 Å². The van der Waals surface area contributed by atoms with E-state index in [2.05, 4.69) is 42.4 Å². The van der Waals surface area contributed by atoms with Gasteiger partial charge in [-0.05, 0) is 24.0 Å². The molecule has 4 nitrogen and oxygen atoms in total. The second-order valence-corrected chi connectivity index (χ2v) is 5.63. The third-order valence-electron chi connectivity index (χ3n) is 3.53. The molecule has 0 spiro atoms. The minimum atomic E-state index is 0.168. The van der Waals surface area contributed by atoms with E-state index < -0.39 is 0 Å². The molecular formula is C17H21N3O. The second kappa shape index (κ2) is 6.45. The van der Waals surface area contributed by atoms with Gasteiger partial charge in [0.1, 0.15) is 6.07 Å². The lowest BCUT2D eigenvalue weighted by molar-refractivity contribution is 0.479. The highest BCUT2D eigenvalue weighted by Gasteiger charge is 2.16. The minimum absolute atomic E-state index is 0.168. The maximum absolute atomic E-state index is 9.13. The lowest BCUT2D eigenvalue weighted by Gasteiger charge is -2.15. The maximum atomic E-state index is 9.13. The highest BCUT2D eigenvalue weighted by molar-refractivity contribution is 5.46. The van der Waals surface area contributed by atoms with E-state index in [1.165, 1.54) is 11.1 Å². The fraction of sp³-hybridized carbons (Fsp3) is 0.412. The summed E-state index contributed by atoms with van der Waals surface area (Å²) in [5.74, 6) is 1.56. The Morgan fingerprint density at radius 1 is 1.29 bits per heavy atom. The first-order valence-corrected chi connectivity index (χ1v) is 7.23. The number of hydrogen-bond acceptors (Lipinski definition) is 4. The Kier molecular flexibility index (Phi) is 4.64. The van der Waals surface area contributed by atoms with E-state index in [-0.39, 0.29) is 5.92 Å². The number of rotatable bonds is 5. The topological polar surface area (TPSA) is 61.9 Å². The number of benzene rings is 1. The second-order valence-electron chi connectivity index (χ2n) is 5.63. The van der Waals surface area contributed by atoms with Crippen molar-refractivity contribution in [2.24, 2.45) is 0 Å². The van der Waals surface area contributed by atoms with Crippen LogP contribution in [-0.4, -0.2) is 11.5 Å². The van der Waals surface area contributed by atoms with E-state index in [9.17, 15) is 0 Å². The molecule has 0 saturated heterocycles. The van der Waals surface area contributed by atoms with Gasteiger partial charge in [-0.15, -0.1) is 0 Å². The molecule has 0 radical (unpaired) electrons. The van der Waals surface area contributed by atoms with Gasteiger partial charge in [-0.1, -0.05) is 45.0 Å². The number of nitrogens with one attached hydrogen (secondary N) is 1. The zero-order chi connectivity index (χ0) is 15.4. The van der Waals surface area contributed by atoms with Crippen LogP contribution in [0.5, 0.6) is 0 Å². The number of aromatic nitrogens is 1. The van der Waals surface area contributed by atoms with Gasteiger partial charge in [0, 0.05) is 12.5 Å². The molecule has 0 aliphatic rings. The van der Waals surface area contributed by atoms with Gasteiger partial charge in [0.2, 0.25) is 17.5 Å². The molecule has 0 fully saturated rings. The molecule has 1 N–H and O–H groups in total. The lowest BCUT2D eigenvalue weighted by atomic mass is 9.96. The third-order valence-corrected chi connectivity index (χ3v) is 3.53. The van der Waals surface area contributed by atoms with Crippen LogP contribution in [-0.2, 0) is 0 Å². The normalized spacial score (nSPS) is 12.2.